The number of carbonyl (C=O) groups excluding carboxylic acids is 2. The van der Waals surface area contributed by atoms with Crippen molar-refractivity contribution in [3.05, 3.63) is 35.9 Å². The van der Waals surface area contributed by atoms with Crippen LogP contribution < -0.4 is 11.2 Å². The second kappa shape index (κ2) is 8.90. The molecule has 7 nitrogen and oxygen atoms in total. The van der Waals surface area contributed by atoms with Crippen LogP contribution in [0.15, 0.2) is 35.4 Å². The molecule has 0 saturated carbocycles. The SMILES string of the molecule is CC(=O)N/N=C(\N)N1CCCCC1OC(=O)CCc1ccccc1. The van der Waals surface area contributed by atoms with E-state index in [-0.39, 0.29) is 17.8 Å². The van der Waals surface area contributed by atoms with Gasteiger partial charge >= 0.3 is 5.97 Å². The molecule has 0 radical (unpaired) electrons. The number of benzene rings is 1. The lowest BCUT2D eigenvalue weighted by Gasteiger charge is -2.35. The number of aryl methyl sites for hydroxylation is 1. The van der Waals surface area contributed by atoms with Gasteiger partial charge in [-0.2, -0.15) is 0 Å². The number of ether oxygens (including phenoxy) is 1. The Labute approximate surface area is 141 Å². The number of hydrogen-bond donors (Lipinski definition) is 2. The highest BCUT2D eigenvalue weighted by molar-refractivity contribution is 5.81. The molecule has 1 atom stereocenters. The fourth-order valence-electron chi connectivity index (χ4n) is 2.59. The fourth-order valence-corrected chi connectivity index (χ4v) is 2.59. The van der Waals surface area contributed by atoms with Crippen molar-refractivity contribution in [2.75, 3.05) is 6.54 Å². The van der Waals surface area contributed by atoms with Crippen molar-refractivity contribution in [2.45, 2.75) is 45.3 Å². The molecular weight excluding hydrogens is 308 g/mol. The normalized spacial score (nSPS) is 18.1. The van der Waals surface area contributed by atoms with Crippen molar-refractivity contribution >= 4 is 17.8 Å². The van der Waals surface area contributed by atoms with Crippen molar-refractivity contribution in [3.8, 4) is 0 Å². The number of nitrogens with one attached hydrogen (secondary N) is 1. The smallest absolute Gasteiger partial charge is 0.308 e. The number of likely N-dealkylation sites (tertiary alicyclic amines) is 1. The van der Waals surface area contributed by atoms with Crippen LogP contribution in [0.1, 0.15) is 38.2 Å². The zero-order chi connectivity index (χ0) is 17.4. The first-order chi connectivity index (χ1) is 11.6. The molecule has 1 saturated heterocycles. The lowest BCUT2D eigenvalue weighted by Crippen LogP contribution is -2.50. The van der Waals surface area contributed by atoms with Gasteiger partial charge in [-0.3, -0.25) is 9.59 Å². The molecule has 3 N–H and O–H groups in total. The number of amides is 1. The molecular formula is C17H24N4O3. The Bertz CT molecular complexity index is 589. The highest BCUT2D eigenvalue weighted by Crippen LogP contribution is 2.18. The third-order valence-corrected chi connectivity index (χ3v) is 3.80. The highest BCUT2D eigenvalue weighted by Gasteiger charge is 2.27. The summed E-state index contributed by atoms with van der Waals surface area (Å²) in [7, 11) is 0. The molecule has 7 heteroatoms. The second-order valence-electron chi connectivity index (χ2n) is 5.76. The van der Waals surface area contributed by atoms with E-state index in [1.165, 1.54) is 6.92 Å². The van der Waals surface area contributed by atoms with Gasteiger partial charge in [0.15, 0.2) is 6.23 Å². The van der Waals surface area contributed by atoms with E-state index in [0.717, 1.165) is 18.4 Å². The predicted molar refractivity (Wildman–Crippen MR) is 90.6 cm³/mol. The second-order valence-corrected chi connectivity index (χ2v) is 5.76. The Balaban J connectivity index is 1.89. The zero-order valence-corrected chi connectivity index (χ0v) is 13.9. The molecule has 2 rings (SSSR count). The van der Waals surface area contributed by atoms with Crippen molar-refractivity contribution < 1.29 is 14.3 Å². The summed E-state index contributed by atoms with van der Waals surface area (Å²) in [5, 5.41) is 3.83. The van der Waals surface area contributed by atoms with E-state index in [2.05, 4.69) is 10.5 Å². The van der Waals surface area contributed by atoms with Gasteiger partial charge in [-0.1, -0.05) is 30.3 Å². The summed E-state index contributed by atoms with van der Waals surface area (Å²) in [6.45, 7) is 2.00. The molecule has 1 aliphatic rings. The maximum absolute atomic E-state index is 12.1. The van der Waals surface area contributed by atoms with Gasteiger partial charge in [-0.25, -0.2) is 5.43 Å². The summed E-state index contributed by atoms with van der Waals surface area (Å²) in [6, 6.07) is 9.81. The number of hydrazone groups is 1. The van der Waals surface area contributed by atoms with Crippen LogP contribution in [0.25, 0.3) is 0 Å². The maximum atomic E-state index is 12.1. The largest absolute Gasteiger partial charge is 0.441 e. The van der Waals surface area contributed by atoms with Crippen LogP contribution in [0.3, 0.4) is 0 Å². The molecule has 0 spiro atoms. The van der Waals surface area contributed by atoms with E-state index in [1.807, 2.05) is 30.3 Å². The predicted octanol–water partition coefficient (Wildman–Crippen LogP) is 1.34. The molecule has 1 aliphatic heterocycles. The Kier molecular flexibility index (Phi) is 6.60. The summed E-state index contributed by atoms with van der Waals surface area (Å²) < 4.78 is 5.57. The summed E-state index contributed by atoms with van der Waals surface area (Å²) in [5.41, 5.74) is 9.30. The number of piperidine rings is 1. The minimum Gasteiger partial charge on any atom is -0.441 e. The van der Waals surface area contributed by atoms with E-state index in [4.69, 9.17) is 10.5 Å². The van der Waals surface area contributed by atoms with Gasteiger partial charge in [0.1, 0.15) is 0 Å². The molecule has 0 aromatic heterocycles. The van der Waals surface area contributed by atoms with Crippen LogP contribution in [0, 0.1) is 0 Å². The molecule has 1 aromatic carbocycles. The molecule has 130 valence electrons. The molecule has 1 amide bonds. The zero-order valence-electron chi connectivity index (χ0n) is 13.9. The number of guanidine groups is 1. The summed E-state index contributed by atoms with van der Waals surface area (Å²) in [5.74, 6) is -0.403. The van der Waals surface area contributed by atoms with E-state index in [1.54, 1.807) is 4.90 Å². The lowest BCUT2D eigenvalue weighted by atomic mass is 10.1. The first-order valence-electron chi connectivity index (χ1n) is 8.16. The summed E-state index contributed by atoms with van der Waals surface area (Å²) >= 11 is 0. The average Bonchev–Trinajstić information content (AvgIpc) is 2.59. The van der Waals surface area contributed by atoms with Crippen LogP contribution in [-0.4, -0.2) is 35.5 Å². The standard InChI is InChI=1S/C17H24N4O3/c1-13(22)19-20-17(18)21-12-6-5-9-15(21)24-16(23)11-10-14-7-3-2-4-8-14/h2-4,7-8,15H,5-6,9-12H2,1H3,(H2,18,20)(H,19,22). The van der Waals surface area contributed by atoms with E-state index in [9.17, 15) is 9.59 Å². The first-order valence-corrected chi connectivity index (χ1v) is 8.16. The lowest BCUT2D eigenvalue weighted by molar-refractivity contribution is -0.158. The average molecular weight is 332 g/mol. The topological polar surface area (TPSA) is 97.0 Å². The first kappa shape index (κ1) is 17.8. The minimum absolute atomic E-state index is 0.158. The molecule has 1 fully saturated rings. The monoisotopic (exact) mass is 332 g/mol. The Hall–Kier alpha value is -2.57. The Morgan fingerprint density at radius 2 is 2.08 bits per heavy atom. The maximum Gasteiger partial charge on any atom is 0.308 e. The number of carbonyl (C=O) groups is 2. The number of nitrogens with two attached hydrogens (primary N) is 1. The number of nitrogens with zero attached hydrogens (tertiary/aromatic N) is 2. The molecule has 0 bridgehead atoms. The van der Waals surface area contributed by atoms with Gasteiger partial charge in [0.05, 0.1) is 0 Å². The Morgan fingerprint density at radius 1 is 1.33 bits per heavy atom. The van der Waals surface area contributed by atoms with Crippen LogP contribution in [-0.2, 0) is 20.7 Å². The van der Waals surface area contributed by atoms with E-state index >= 15 is 0 Å². The van der Waals surface area contributed by atoms with Crippen molar-refractivity contribution in [3.63, 3.8) is 0 Å². The van der Waals surface area contributed by atoms with Gasteiger partial charge in [-0.15, -0.1) is 5.10 Å². The molecule has 0 aliphatic carbocycles. The van der Waals surface area contributed by atoms with Crippen molar-refractivity contribution in [1.82, 2.24) is 10.3 Å². The van der Waals surface area contributed by atoms with Crippen LogP contribution in [0.5, 0.6) is 0 Å². The van der Waals surface area contributed by atoms with E-state index < -0.39 is 6.23 Å². The van der Waals surface area contributed by atoms with Gasteiger partial charge in [0, 0.05) is 26.3 Å². The van der Waals surface area contributed by atoms with Gasteiger partial charge in [-0.05, 0) is 24.8 Å². The third-order valence-electron chi connectivity index (χ3n) is 3.80. The summed E-state index contributed by atoms with van der Waals surface area (Å²) in [6.07, 6.45) is 3.13. The molecule has 1 heterocycles. The quantitative estimate of drug-likeness (QED) is 0.367. The molecule has 1 aromatic rings. The van der Waals surface area contributed by atoms with Crippen LogP contribution in [0.4, 0.5) is 0 Å². The van der Waals surface area contributed by atoms with Crippen molar-refractivity contribution in [1.29, 1.82) is 0 Å². The Morgan fingerprint density at radius 3 is 2.79 bits per heavy atom. The molecule has 24 heavy (non-hydrogen) atoms. The highest BCUT2D eigenvalue weighted by atomic mass is 16.6. The number of esters is 1. The number of hydrogen-bond acceptors (Lipinski definition) is 4. The van der Waals surface area contributed by atoms with Crippen LogP contribution >= 0.6 is 0 Å². The van der Waals surface area contributed by atoms with Gasteiger partial charge < -0.3 is 15.4 Å². The third kappa shape index (κ3) is 5.57. The minimum atomic E-state index is -0.431. The number of rotatable bonds is 5. The molecule has 1 unspecified atom stereocenters. The fraction of sp³-hybridized carbons (Fsp3) is 0.471. The van der Waals surface area contributed by atoms with Gasteiger partial charge in [0.2, 0.25) is 11.9 Å². The van der Waals surface area contributed by atoms with E-state index in [0.29, 0.717) is 25.8 Å². The summed E-state index contributed by atoms with van der Waals surface area (Å²) in [4.78, 5) is 24.8. The van der Waals surface area contributed by atoms with Crippen molar-refractivity contribution in [2.24, 2.45) is 10.8 Å². The van der Waals surface area contributed by atoms with Crippen LogP contribution in [0.2, 0.25) is 0 Å². The van der Waals surface area contributed by atoms with Gasteiger partial charge in [0.25, 0.3) is 0 Å².